The van der Waals surface area contributed by atoms with Gasteiger partial charge < -0.3 is 20.3 Å². The minimum Gasteiger partial charge on any atom is -0.359 e. The van der Waals surface area contributed by atoms with E-state index in [0.29, 0.717) is 10.7 Å². The van der Waals surface area contributed by atoms with Crippen LogP contribution in [0.2, 0.25) is 5.02 Å². The number of likely N-dealkylation sites (tertiary alicyclic amines) is 1. The minimum absolute atomic E-state index is 0.0465. The number of amides is 3. The van der Waals surface area contributed by atoms with Crippen LogP contribution in [0.1, 0.15) is 50.5 Å². The molecule has 2 aliphatic carbocycles. The average Bonchev–Trinajstić information content (AvgIpc) is 3.41. The molecule has 0 unspecified atom stereocenters. The van der Waals surface area contributed by atoms with Gasteiger partial charge in [-0.15, -0.1) is 0 Å². The van der Waals surface area contributed by atoms with Crippen LogP contribution in [-0.4, -0.2) is 52.5 Å². The molecule has 4 fully saturated rings. The zero-order valence-electron chi connectivity index (χ0n) is 19.3. The smallest absolute Gasteiger partial charge is 0.246 e. The molecule has 2 N–H and O–H groups in total. The molecule has 0 radical (unpaired) electrons. The molecule has 3 heterocycles. The van der Waals surface area contributed by atoms with Gasteiger partial charge in [-0.1, -0.05) is 49.1 Å². The van der Waals surface area contributed by atoms with Crippen molar-refractivity contribution in [2.24, 2.45) is 11.8 Å². The summed E-state index contributed by atoms with van der Waals surface area (Å²) in [7, 11) is 0. The number of anilines is 1. The third-order valence-corrected chi connectivity index (χ3v) is 8.60. The standard InChI is InChI=1S/C26H30ClN3O4/c1-14-7-8-16(13-18(14)27)29-23(31)20-19-11-12-26(34-19)21(20)25(33)30(17-9-10-17)22(26)24(32)28-15-5-3-2-4-6-15/h7-8,11-13,15,17,19-22H,2-6,9-10H2,1H3,(H,28,32)(H,29,31)/t19-,20-,21-,22-,26-/m0/s1. The molecule has 1 aromatic rings. The summed E-state index contributed by atoms with van der Waals surface area (Å²) in [6.45, 7) is 1.90. The van der Waals surface area contributed by atoms with E-state index in [2.05, 4.69) is 10.6 Å². The van der Waals surface area contributed by atoms with Crippen molar-refractivity contribution < 1.29 is 19.1 Å². The molecule has 34 heavy (non-hydrogen) atoms. The van der Waals surface area contributed by atoms with Gasteiger partial charge in [0.2, 0.25) is 17.7 Å². The third kappa shape index (κ3) is 3.39. The Labute approximate surface area is 204 Å². The maximum absolute atomic E-state index is 13.8. The summed E-state index contributed by atoms with van der Waals surface area (Å²) in [5.41, 5.74) is 0.413. The van der Waals surface area contributed by atoms with Crippen LogP contribution in [0.15, 0.2) is 30.4 Å². The van der Waals surface area contributed by atoms with Gasteiger partial charge in [-0.3, -0.25) is 14.4 Å². The van der Waals surface area contributed by atoms with Gasteiger partial charge >= 0.3 is 0 Å². The molecule has 3 amide bonds. The Balaban J connectivity index is 1.29. The summed E-state index contributed by atoms with van der Waals surface area (Å²) in [4.78, 5) is 42.6. The predicted octanol–water partition coefficient (Wildman–Crippen LogP) is 3.35. The van der Waals surface area contributed by atoms with E-state index in [1.54, 1.807) is 17.0 Å². The number of ether oxygens (including phenoxy) is 1. The van der Waals surface area contributed by atoms with Gasteiger partial charge in [-0.25, -0.2) is 0 Å². The molecule has 0 aromatic heterocycles. The zero-order valence-corrected chi connectivity index (χ0v) is 20.0. The first-order valence-corrected chi connectivity index (χ1v) is 12.8. The summed E-state index contributed by atoms with van der Waals surface area (Å²) < 4.78 is 6.38. The van der Waals surface area contributed by atoms with Crippen molar-refractivity contribution >= 4 is 35.0 Å². The van der Waals surface area contributed by atoms with Gasteiger partial charge in [-0.2, -0.15) is 0 Å². The highest BCUT2D eigenvalue weighted by Gasteiger charge is 2.74. The van der Waals surface area contributed by atoms with E-state index in [1.807, 2.05) is 25.1 Å². The van der Waals surface area contributed by atoms with Crippen LogP contribution >= 0.6 is 11.6 Å². The van der Waals surface area contributed by atoms with Crippen molar-refractivity contribution in [3.8, 4) is 0 Å². The lowest BCUT2D eigenvalue weighted by Crippen LogP contribution is -2.57. The summed E-state index contributed by atoms with van der Waals surface area (Å²) in [6.07, 6.45) is 10.3. The fourth-order valence-electron chi connectivity index (χ4n) is 6.38. The van der Waals surface area contributed by atoms with E-state index in [4.69, 9.17) is 16.3 Å². The van der Waals surface area contributed by atoms with Crippen LogP contribution in [0.3, 0.4) is 0 Å². The Bertz CT molecular complexity index is 1080. The van der Waals surface area contributed by atoms with E-state index in [-0.39, 0.29) is 29.8 Å². The topological polar surface area (TPSA) is 87.7 Å². The monoisotopic (exact) mass is 483 g/mol. The lowest BCUT2D eigenvalue weighted by molar-refractivity contribution is -0.142. The van der Waals surface area contributed by atoms with E-state index in [9.17, 15) is 14.4 Å². The highest BCUT2D eigenvalue weighted by Crippen LogP contribution is 2.57. The number of carbonyl (C=O) groups is 3. The number of aryl methyl sites for hydroxylation is 1. The predicted molar refractivity (Wildman–Crippen MR) is 127 cm³/mol. The number of benzene rings is 1. The summed E-state index contributed by atoms with van der Waals surface area (Å²) >= 11 is 6.23. The normalized spacial score (nSPS) is 34.4. The van der Waals surface area contributed by atoms with Crippen molar-refractivity contribution in [2.75, 3.05) is 5.32 Å². The second-order valence-electron chi connectivity index (χ2n) is 10.5. The number of hydrogen-bond acceptors (Lipinski definition) is 4. The summed E-state index contributed by atoms with van der Waals surface area (Å²) in [6, 6.07) is 4.81. The Hall–Kier alpha value is -2.38. The van der Waals surface area contributed by atoms with Crippen molar-refractivity contribution in [1.82, 2.24) is 10.2 Å². The van der Waals surface area contributed by atoms with Crippen molar-refractivity contribution in [3.63, 3.8) is 0 Å². The first kappa shape index (κ1) is 22.1. The number of fused-ring (bicyclic) bond motifs is 1. The molecule has 5 atom stereocenters. The maximum Gasteiger partial charge on any atom is 0.246 e. The molecule has 3 aliphatic heterocycles. The van der Waals surface area contributed by atoms with Crippen LogP contribution in [0.4, 0.5) is 5.69 Å². The minimum atomic E-state index is -1.09. The second-order valence-corrected chi connectivity index (χ2v) is 10.9. The highest BCUT2D eigenvalue weighted by molar-refractivity contribution is 6.31. The maximum atomic E-state index is 13.8. The number of nitrogens with zero attached hydrogens (tertiary/aromatic N) is 1. The molecule has 5 aliphatic rings. The molecular formula is C26H30ClN3O4. The molecule has 7 nitrogen and oxygen atoms in total. The van der Waals surface area contributed by atoms with Gasteiger partial charge in [0.15, 0.2) is 0 Å². The first-order valence-electron chi connectivity index (χ1n) is 12.5. The van der Waals surface area contributed by atoms with E-state index in [0.717, 1.165) is 44.1 Å². The van der Waals surface area contributed by atoms with E-state index in [1.165, 1.54) is 6.42 Å². The van der Waals surface area contributed by atoms with Gasteiger partial charge in [0, 0.05) is 22.8 Å². The molecule has 8 heteroatoms. The third-order valence-electron chi connectivity index (χ3n) is 8.19. The van der Waals surface area contributed by atoms with Gasteiger partial charge in [0.05, 0.1) is 17.9 Å². The van der Waals surface area contributed by atoms with Crippen LogP contribution in [0.25, 0.3) is 0 Å². The number of nitrogens with one attached hydrogen (secondary N) is 2. The molecule has 2 saturated heterocycles. The quantitative estimate of drug-likeness (QED) is 0.629. The lowest BCUT2D eigenvalue weighted by Gasteiger charge is -2.34. The highest BCUT2D eigenvalue weighted by atomic mass is 35.5. The number of hydrogen-bond donors (Lipinski definition) is 2. The van der Waals surface area contributed by atoms with Crippen molar-refractivity contribution in [2.45, 2.75) is 81.7 Å². The van der Waals surface area contributed by atoms with Gasteiger partial charge in [0.25, 0.3) is 0 Å². The average molecular weight is 484 g/mol. The van der Waals surface area contributed by atoms with Crippen LogP contribution < -0.4 is 10.6 Å². The summed E-state index contributed by atoms with van der Waals surface area (Å²) in [5.74, 6) is -1.96. The molecule has 180 valence electrons. The van der Waals surface area contributed by atoms with Crippen molar-refractivity contribution in [1.29, 1.82) is 0 Å². The molecular weight excluding hydrogens is 454 g/mol. The fourth-order valence-corrected chi connectivity index (χ4v) is 6.56. The Morgan fingerprint density at radius 1 is 1.12 bits per heavy atom. The fraction of sp³-hybridized carbons (Fsp3) is 0.577. The lowest BCUT2D eigenvalue weighted by atomic mass is 9.74. The zero-order chi connectivity index (χ0) is 23.6. The van der Waals surface area contributed by atoms with Gasteiger partial charge in [0.1, 0.15) is 11.6 Å². The summed E-state index contributed by atoms with van der Waals surface area (Å²) in [5, 5.41) is 6.71. The molecule has 2 saturated carbocycles. The van der Waals surface area contributed by atoms with Crippen LogP contribution in [-0.2, 0) is 19.1 Å². The second kappa shape index (κ2) is 8.09. The Morgan fingerprint density at radius 2 is 1.88 bits per heavy atom. The Morgan fingerprint density at radius 3 is 2.59 bits per heavy atom. The molecule has 1 aromatic carbocycles. The van der Waals surface area contributed by atoms with Crippen LogP contribution in [0.5, 0.6) is 0 Å². The SMILES string of the molecule is Cc1ccc(NC(=O)[C@H]2[C@@H]3C=C[C@]4(O3)[C@@H]2C(=O)N(C2CC2)[C@H]4C(=O)NC2CCCCC2)cc1Cl. The van der Waals surface area contributed by atoms with Crippen LogP contribution in [0, 0.1) is 18.8 Å². The Kier molecular flexibility index (Phi) is 5.26. The molecule has 2 bridgehead atoms. The molecule has 6 rings (SSSR count). The number of rotatable bonds is 5. The van der Waals surface area contributed by atoms with Crippen molar-refractivity contribution in [3.05, 3.63) is 40.9 Å². The number of halogens is 1. The van der Waals surface area contributed by atoms with E-state index < -0.39 is 29.6 Å². The largest absolute Gasteiger partial charge is 0.359 e. The van der Waals surface area contributed by atoms with Gasteiger partial charge in [-0.05, 0) is 50.3 Å². The van der Waals surface area contributed by atoms with E-state index >= 15 is 0 Å². The first-order chi connectivity index (χ1) is 16.4. The number of carbonyl (C=O) groups excluding carboxylic acids is 3. The molecule has 1 spiro atoms.